The summed E-state index contributed by atoms with van der Waals surface area (Å²) in [5.41, 5.74) is 4.69. The number of amides is 1. The zero-order valence-electron chi connectivity index (χ0n) is 13.2. The molecular formula is C16H16F2N4O3. The summed E-state index contributed by atoms with van der Waals surface area (Å²) < 4.78 is 35.5. The van der Waals surface area contributed by atoms with Crippen molar-refractivity contribution in [1.29, 1.82) is 0 Å². The molecule has 7 nitrogen and oxygen atoms in total. The van der Waals surface area contributed by atoms with Gasteiger partial charge in [-0.25, -0.2) is 5.01 Å². The van der Waals surface area contributed by atoms with Gasteiger partial charge in [-0.1, -0.05) is 6.07 Å². The molecule has 1 saturated heterocycles. The van der Waals surface area contributed by atoms with E-state index in [-0.39, 0.29) is 17.8 Å². The minimum Gasteiger partial charge on any atom is -0.415 e. The van der Waals surface area contributed by atoms with E-state index in [4.69, 9.17) is 9.15 Å². The van der Waals surface area contributed by atoms with Crippen LogP contribution in [-0.4, -0.2) is 40.4 Å². The summed E-state index contributed by atoms with van der Waals surface area (Å²) in [7, 11) is 0. The number of benzene rings is 1. The minimum atomic E-state index is -2.82. The molecule has 2 aliphatic rings. The SMILES string of the molecule is O=C1NN(C2CCOCC2)Cc2ccc(-c3nnc(C(F)F)o3)cc21. The standard InChI is InChI=1S/C16H16F2N4O3/c17-13(18)16-20-19-15(25-16)9-1-2-10-8-22(11-3-5-24-6-4-11)21-14(23)12(10)7-9/h1-2,7,11,13H,3-6,8H2,(H,21,23). The van der Waals surface area contributed by atoms with Crippen molar-refractivity contribution in [2.24, 2.45) is 0 Å². The fraction of sp³-hybridized carbons (Fsp3) is 0.438. The predicted molar refractivity (Wildman–Crippen MR) is 81.5 cm³/mol. The topological polar surface area (TPSA) is 80.5 Å². The highest BCUT2D eigenvalue weighted by Crippen LogP contribution is 2.28. The third-order valence-electron chi connectivity index (χ3n) is 4.45. The molecule has 0 bridgehead atoms. The second-order valence-corrected chi connectivity index (χ2v) is 6.03. The number of alkyl halides is 2. The van der Waals surface area contributed by atoms with Crippen molar-refractivity contribution < 1.29 is 22.7 Å². The van der Waals surface area contributed by atoms with Gasteiger partial charge < -0.3 is 9.15 Å². The van der Waals surface area contributed by atoms with Gasteiger partial charge in [0.15, 0.2) is 0 Å². The highest BCUT2D eigenvalue weighted by Gasteiger charge is 2.29. The van der Waals surface area contributed by atoms with Gasteiger partial charge in [0.25, 0.3) is 11.8 Å². The third kappa shape index (κ3) is 3.12. The van der Waals surface area contributed by atoms with Gasteiger partial charge in [-0.2, -0.15) is 8.78 Å². The summed E-state index contributed by atoms with van der Waals surface area (Å²) in [5, 5.41) is 8.87. The number of aromatic nitrogens is 2. The Hall–Kier alpha value is -2.39. The van der Waals surface area contributed by atoms with Crippen molar-refractivity contribution in [3.63, 3.8) is 0 Å². The Morgan fingerprint density at radius 1 is 1.24 bits per heavy atom. The first kappa shape index (κ1) is 16.1. The van der Waals surface area contributed by atoms with Gasteiger partial charge in [-0.3, -0.25) is 10.2 Å². The maximum Gasteiger partial charge on any atom is 0.314 e. The Kier molecular flexibility index (Phi) is 4.18. The Morgan fingerprint density at radius 3 is 2.76 bits per heavy atom. The molecule has 1 aromatic heterocycles. The quantitative estimate of drug-likeness (QED) is 0.915. The number of nitrogens with zero attached hydrogens (tertiary/aromatic N) is 3. The molecule has 0 unspecified atom stereocenters. The second-order valence-electron chi connectivity index (χ2n) is 6.03. The van der Waals surface area contributed by atoms with Crippen LogP contribution in [0.1, 0.15) is 41.1 Å². The smallest absolute Gasteiger partial charge is 0.314 e. The molecule has 1 N–H and O–H groups in total. The minimum absolute atomic E-state index is 0.0299. The van der Waals surface area contributed by atoms with Crippen molar-refractivity contribution in [2.45, 2.75) is 31.9 Å². The van der Waals surface area contributed by atoms with E-state index in [0.717, 1.165) is 18.4 Å². The van der Waals surface area contributed by atoms with Crippen LogP contribution >= 0.6 is 0 Å². The lowest BCUT2D eigenvalue weighted by atomic mass is 9.99. The zero-order valence-corrected chi connectivity index (χ0v) is 13.2. The number of fused-ring (bicyclic) bond motifs is 1. The molecule has 132 valence electrons. The van der Waals surface area contributed by atoms with E-state index in [1.165, 1.54) is 0 Å². The Morgan fingerprint density at radius 2 is 2.04 bits per heavy atom. The van der Waals surface area contributed by atoms with Crippen LogP contribution in [0, 0.1) is 0 Å². The molecular weight excluding hydrogens is 334 g/mol. The summed E-state index contributed by atoms with van der Waals surface area (Å²) in [5.74, 6) is -0.996. The van der Waals surface area contributed by atoms with Gasteiger partial charge in [0.2, 0.25) is 5.89 Å². The largest absolute Gasteiger partial charge is 0.415 e. The van der Waals surface area contributed by atoms with E-state index < -0.39 is 12.3 Å². The summed E-state index contributed by atoms with van der Waals surface area (Å²) in [6.45, 7) is 1.96. The summed E-state index contributed by atoms with van der Waals surface area (Å²) in [4.78, 5) is 12.5. The lowest BCUT2D eigenvalue weighted by Crippen LogP contribution is -2.52. The van der Waals surface area contributed by atoms with E-state index in [1.807, 2.05) is 5.01 Å². The number of ether oxygens (including phenoxy) is 1. The maximum absolute atomic E-state index is 12.6. The number of carbonyl (C=O) groups is 1. The van der Waals surface area contributed by atoms with Crippen LogP contribution in [0.5, 0.6) is 0 Å². The maximum atomic E-state index is 12.6. The van der Waals surface area contributed by atoms with Crippen molar-refractivity contribution in [1.82, 2.24) is 20.6 Å². The van der Waals surface area contributed by atoms with Crippen LogP contribution in [-0.2, 0) is 11.3 Å². The van der Waals surface area contributed by atoms with Gasteiger partial charge in [0.1, 0.15) is 0 Å². The molecule has 1 aromatic carbocycles. The predicted octanol–water partition coefficient (Wildman–Crippen LogP) is 2.31. The Balaban J connectivity index is 1.58. The first-order chi connectivity index (χ1) is 12.1. The van der Waals surface area contributed by atoms with Crippen LogP contribution in [0.4, 0.5) is 8.78 Å². The summed E-state index contributed by atoms with van der Waals surface area (Å²) in [6, 6.07) is 5.33. The molecule has 9 heteroatoms. The number of hydrazine groups is 1. The fourth-order valence-corrected chi connectivity index (χ4v) is 3.13. The van der Waals surface area contributed by atoms with Gasteiger partial charge in [-0.05, 0) is 30.5 Å². The van der Waals surface area contributed by atoms with Gasteiger partial charge in [0.05, 0.1) is 0 Å². The van der Waals surface area contributed by atoms with Crippen molar-refractivity contribution in [3.05, 3.63) is 35.2 Å². The Bertz CT molecular complexity index is 789. The van der Waals surface area contributed by atoms with E-state index in [9.17, 15) is 13.6 Å². The molecule has 2 aliphatic heterocycles. The number of rotatable bonds is 3. The first-order valence-electron chi connectivity index (χ1n) is 8.02. The molecule has 0 saturated carbocycles. The molecule has 1 amide bonds. The second kappa shape index (κ2) is 6.49. The molecule has 4 rings (SSSR count). The number of halogens is 2. The number of hydrogen-bond acceptors (Lipinski definition) is 6. The summed E-state index contributed by atoms with van der Waals surface area (Å²) >= 11 is 0. The van der Waals surface area contributed by atoms with Crippen molar-refractivity contribution >= 4 is 5.91 Å². The van der Waals surface area contributed by atoms with Gasteiger partial charge in [0, 0.05) is 36.9 Å². The third-order valence-corrected chi connectivity index (χ3v) is 4.45. The van der Waals surface area contributed by atoms with Crippen LogP contribution in [0.15, 0.2) is 22.6 Å². The van der Waals surface area contributed by atoms with E-state index in [0.29, 0.717) is 30.9 Å². The normalized spacial score (nSPS) is 19.1. The molecule has 2 aromatic rings. The number of carbonyl (C=O) groups excluding carboxylic acids is 1. The van der Waals surface area contributed by atoms with Crippen LogP contribution in [0.25, 0.3) is 11.5 Å². The van der Waals surface area contributed by atoms with Crippen molar-refractivity contribution in [2.75, 3.05) is 13.2 Å². The molecule has 3 heterocycles. The van der Waals surface area contributed by atoms with Crippen molar-refractivity contribution in [3.8, 4) is 11.5 Å². The average molecular weight is 350 g/mol. The fourth-order valence-electron chi connectivity index (χ4n) is 3.13. The Labute approximate surface area is 141 Å². The molecule has 0 aliphatic carbocycles. The number of hydrogen-bond donors (Lipinski definition) is 1. The molecule has 0 spiro atoms. The lowest BCUT2D eigenvalue weighted by molar-refractivity contribution is 0.00539. The highest BCUT2D eigenvalue weighted by atomic mass is 19.3. The van der Waals surface area contributed by atoms with Crippen LogP contribution in [0.3, 0.4) is 0 Å². The van der Waals surface area contributed by atoms with Gasteiger partial charge >= 0.3 is 6.43 Å². The molecule has 0 radical (unpaired) electrons. The van der Waals surface area contributed by atoms with E-state index in [2.05, 4.69) is 15.6 Å². The summed E-state index contributed by atoms with van der Waals surface area (Å²) in [6.07, 6.45) is -1.09. The molecule has 0 atom stereocenters. The van der Waals surface area contributed by atoms with Crippen LogP contribution < -0.4 is 5.43 Å². The van der Waals surface area contributed by atoms with Crippen LogP contribution in [0.2, 0.25) is 0 Å². The monoisotopic (exact) mass is 350 g/mol. The number of nitrogens with one attached hydrogen (secondary N) is 1. The van der Waals surface area contributed by atoms with E-state index in [1.54, 1.807) is 18.2 Å². The molecule has 25 heavy (non-hydrogen) atoms. The molecule has 1 fully saturated rings. The highest BCUT2D eigenvalue weighted by molar-refractivity contribution is 5.97. The zero-order chi connectivity index (χ0) is 17.4. The first-order valence-corrected chi connectivity index (χ1v) is 8.02. The lowest BCUT2D eigenvalue weighted by Gasteiger charge is -2.37. The van der Waals surface area contributed by atoms with Gasteiger partial charge in [-0.15, -0.1) is 10.2 Å². The average Bonchev–Trinajstić information content (AvgIpc) is 3.13. The van der Waals surface area contributed by atoms with E-state index >= 15 is 0 Å².